The molecular formula is C21H16O5. The molecule has 3 aromatic rings. The number of carbonyl (C=O) groups excluding carboxylic acids is 2. The Bertz CT molecular complexity index is 904. The highest BCUT2D eigenvalue weighted by atomic mass is 16.5. The Kier molecular flexibility index (Phi) is 5.29. The number of methoxy groups -OCH3 is 1. The van der Waals surface area contributed by atoms with E-state index in [0.29, 0.717) is 11.5 Å². The van der Waals surface area contributed by atoms with Crippen LogP contribution in [0.3, 0.4) is 0 Å². The fourth-order valence-electron chi connectivity index (χ4n) is 2.29. The minimum absolute atomic E-state index is 0.215. The number of para-hydroxylation sites is 2. The van der Waals surface area contributed by atoms with Crippen molar-refractivity contribution in [1.29, 1.82) is 0 Å². The topological polar surface area (TPSA) is 61.8 Å². The van der Waals surface area contributed by atoms with Crippen molar-refractivity contribution in [2.45, 2.75) is 0 Å². The molecule has 0 unspecified atom stereocenters. The molecule has 0 aromatic heterocycles. The predicted octanol–water partition coefficient (Wildman–Crippen LogP) is 4.13. The summed E-state index contributed by atoms with van der Waals surface area (Å²) in [5.74, 6) is -0.0295. The average molecular weight is 348 g/mol. The van der Waals surface area contributed by atoms with Gasteiger partial charge in [-0.05, 0) is 42.5 Å². The standard InChI is InChI=1S/C21H16O5/c1-24-19-14-15(20(22)25-16-8-4-2-5-9-16)12-13-18(19)21(23)26-17-10-6-3-7-11-17/h2-14H,1H3. The lowest BCUT2D eigenvalue weighted by molar-refractivity contribution is 0.0717. The molecule has 3 rings (SSSR count). The number of ether oxygens (including phenoxy) is 3. The molecule has 26 heavy (non-hydrogen) atoms. The van der Waals surface area contributed by atoms with Gasteiger partial charge in [-0.2, -0.15) is 0 Å². The fourth-order valence-corrected chi connectivity index (χ4v) is 2.29. The van der Waals surface area contributed by atoms with Crippen LogP contribution in [0.1, 0.15) is 20.7 Å². The van der Waals surface area contributed by atoms with Crippen molar-refractivity contribution in [3.63, 3.8) is 0 Å². The van der Waals surface area contributed by atoms with Crippen LogP contribution in [0.15, 0.2) is 78.9 Å². The van der Waals surface area contributed by atoms with E-state index in [1.807, 2.05) is 12.1 Å². The lowest BCUT2D eigenvalue weighted by atomic mass is 10.1. The van der Waals surface area contributed by atoms with E-state index >= 15 is 0 Å². The average Bonchev–Trinajstić information content (AvgIpc) is 2.69. The summed E-state index contributed by atoms with van der Waals surface area (Å²) >= 11 is 0. The van der Waals surface area contributed by atoms with E-state index in [4.69, 9.17) is 14.2 Å². The van der Waals surface area contributed by atoms with E-state index in [2.05, 4.69) is 0 Å². The molecule has 0 saturated carbocycles. The molecule has 5 heteroatoms. The molecule has 5 nitrogen and oxygen atoms in total. The maximum atomic E-state index is 12.3. The maximum Gasteiger partial charge on any atom is 0.347 e. The Labute approximate surface area is 150 Å². The summed E-state index contributed by atoms with van der Waals surface area (Å²) < 4.78 is 15.8. The van der Waals surface area contributed by atoms with Gasteiger partial charge in [-0.1, -0.05) is 36.4 Å². The van der Waals surface area contributed by atoms with E-state index in [1.165, 1.54) is 25.3 Å². The number of rotatable bonds is 5. The molecule has 0 atom stereocenters. The van der Waals surface area contributed by atoms with E-state index in [1.54, 1.807) is 48.5 Å². The number of hydrogen-bond donors (Lipinski definition) is 0. The molecule has 130 valence electrons. The predicted molar refractivity (Wildman–Crippen MR) is 95.8 cm³/mol. The number of hydrogen-bond acceptors (Lipinski definition) is 5. The van der Waals surface area contributed by atoms with Gasteiger partial charge in [-0.3, -0.25) is 0 Å². The zero-order valence-electron chi connectivity index (χ0n) is 14.0. The third-order valence-electron chi connectivity index (χ3n) is 3.56. The molecule has 0 aliphatic carbocycles. The fraction of sp³-hybridized carbons (Fsp3) is 0.0476. The van der Waals surface area contributed by atoms with Crippen molar-refractivity contribution >= 4 is 11.9 Å². The molecule has 0 radical (unpaired) electrons. The summed E-state index contributed by atoms with van der Waals surface area (Å²) in [6.45, 7) is 0. The lowest BCUT2D eigenvalue weighted by Crippen LogP contribution is -2.13. The van der Waals surface area contributed by atoms with E-state index in [0.717, 1.165) is 0 Å². The highest BCUT2D eigenvalue weighted by Crippen LogP contribution is 2.23. The van der Waals surface area contributed by atoms with Crippen LogP contribution in [0.4, 0.5) is 0 Å². The second-order valence-electron chi connectivity index (χ2n) is 5.32. The molecular weight excluding hydrogens is 332 g/mol. The van der Waals surface area contributed by atoms with Crippen molar-refractivity contribution in [2.75, 3.05) is 7.11 Å². The van der Waals surface area contributed by atoms with E-state index in [9.17, 15) is 9.59 Å². The second kappa shape index (κ2) is 7.98. The van der Waals surface area contributed by atoms with Crippen LogP contribution in [0, 0.1) is 0 Å². The van der Waals surface area contributed by atoms with Crippen molar-refractivity contribution < 1.29 is 23.8 Å². The Hall–Kier alpha value is -3.60. The van der Waals surface area contributed by atoms with Crippen LogP contribution in [0.5, 0.6) is 17.2 Å². The summed E-state index contributed by atoms with van der Waals surface area (Å²) in [7, 11) is 1.42. The molecule has 0 spiro atoms. The normalized spacial score (nSPS) is 10.0. The highest BCUT2D eigenvalue weighted by Gasteiger charge is 2.18. The van der Waals surface area contributed by atoms with Gasteiger partial charge in [0.2, 0.25) is 0 Å². The summed E-state index contributed by atoms with van der Waals surface area (Å²) in [5, 5.41) is 0. The summed E-state index contributed by atoms with van der Waals surface area (Å²) in [5.41, 5.74) is 0.481. The first-order chi connectivity index (χ1) is 12.7. The molecule has 0 N–H and O–H groups in total. The molecule has 3 aromatic carbocycles. The van der Waals surface area contributed by atoms with Crippen molar-refractivity contribution in [1.82, 2.24) is 0 Å². The van der Waals surface area contributed by atoms with Gasteiger partial charge in [0.1, 0.15) is 22.8 Å². The molecule has 0 fully saturated rings. The summed E-state index contributed by atoms with van der Waals surface area (Å²) in [6.07, 6.45) is 0. The quantitative estimate of drug-likeness (QED) is 0.512. The zero-order valence-corrected chi connectivity index (χ0v) is 14.0. The first-order valence-electron chi connectivity index (χ1n) is 7.90. The molecule has 0 heterocycles. The zero-order chi connectivity index (χ0) is 18.4. The van der Waals surface area contributed by atoms with Crippen molar-refractivity contribution in [3.8, 4) is 17.2 Å². The van der Waals surface area contributed by atoms with Gasteiger partial charge in [-0.25, -0.2) is 9.59 Å². The van der Waals surface area contributed by atoms with Gasteiger partial charge in [0.05, 0.1) is 12.7 Å². The number of benzene rings is 3. The van der Waals surface area contributed by atoms with Gasteiger partial charge < -0.3 is 14.2 Å². The number of carbonyl (C=O) groups is 2. The summed E-state index contributed by atoms with van der Waals surface area (Å²) in [4.78, 5) is 24.6. The van der Waals surface area contributed by atoms with Gasteiger partial charge in [-0.15, -0.1) is 0 Å². The van der Waals surface area contributed by atoms with Crippen molar-refractivity contribution in [3.05, 3.63) is 90.0 Å². The van der Waals surface area contributed by atoms with Crippen molar-refractivity contribution in [2.24, 2.45) is 0 Å². The van der Waals surface area contributed by atoms with Crippen LogP contribution < -0.4 is 14.2 Å². The van der Waals surface area contributed by atoms with Gasteiger partial charge in [0.15, 0.2) is 0 Å². The molecule has 0 aliphatic heterocycles. The van der Waals surface area contributed by atoms with E-state index < -0.39 is 11.9 Å². The van der Waals surface area contributed by atoms with E-state index in [-0.39, 0.29) is 16.9 Å². The smallest absolute Gasteiger partial charge is 0.347 e. The van der Waals surface area contributed by atoms with Gasteiger partial charge >= 0.3 is 11.9 Å². The molecule has 0 aliphatic rings. The number of esters is 2. The second-order valence-corrected chi connectivity index (χ2v) is 5.32. The van der Waals surface area contributed by atoms with Crippen LogP contribution in [0.2, 0.25) is 0 Å². The van der Waals surface area contributed by atoms with Gasteiger partial charge in [0, 0.05) is 0 Å². The third-order valence-corrected chi connectivity index (χ3v) is 3.56. The summed E-state index contributed by atoms with van der Waals surface area (Å²) in [6, 6.07) is 21.9. The third kappa shape index (κ3) is 4.08. The Morgan fingerprint density at radius 1 is 0.692 bits per heavy atom. The first kappa shape index (κ1) is 17.2. The first-order valence-corrected chi connectivity index (χ1v) is 7.90. The Morgan fingerprint density at radius 2 is 1.23 bits per heavy atom. The minimum Gasteiger partial charge on any atom is -0.496 e. The minimum atomic E-state index is -0.573. The molecule has 0 bridgehead atoms. The van der Waals surface area contributed by atoms with Crippen LogP contribution in [0.25, 0.3) is 0 Å². The maximum absolute atomic E-state index is 12.3. The van der Waals surface area contributed by atoms with Gasteiger partial charge in [0.25, 0.3) is 0 Å². The van der Waals surface area contributed by atoms with Crippen LogP contribution >= 0.6 is 0 Å². The SMILES string of the molecule is COc1cc(C(=O)Oc2ccccc2)ccc1C(=O)Oc1ccccc1. The molecule has 0 amide bonds. The van der Waals surface area contributed by atoms with Crippen LogP contribution in [-0.2, 0) is 0 Å². The lowest BCUT2D eigenvalue weighted by Gasteiger charge is -2.10. The largest absolute Gasteiger partial charge is 0.496 e. The Morgan fingerprint density at radius 3 is 1.77 bits per heavy atom. The van der Waals surface area contributed by atoms with Crippen LogP contribution in [-0.4, -0.2) is 19.0 Å². The Balaban J connectivity index is 1.79. The highest BCUT2D eigenvalue weighted by molar-refractivity contribution is 5.97. The monoisotopic (exact) mass is 348 g/mol. The molecule has 0 saturated heterocycles.